The fourth-order valence-electron chi connectivity index (χ4n) is 6.57. The molecule has 0 aromatic rings. The lowest BCUT2D eigenvalue weighted by Crippen LogP contribution is -2.45. The molecule has 0 spiro atoms. The van der Waals surface area contributed by atoms with Crippen molar-refractivity contribution in [3.8, 4) is 0 Å². The van der Waals surface area contributed by atoms with E-state index in [0.717, 1.165) is 32.5 Å². The average Bonchev–Trinajstić information content (AvgIpc) is 3.80. The molecule has 2 fully saturated rings. The summed E-state index contributed by atoms with van der Waals surface area (Å²) in [6.07, 6.45) is 9.21. The van der Waals surface area contributed by atoms with Gasteiger partial charge in [-0.15, -0.1) is 0 Å². The van der Waals surface area contributed by atoms with Crippen molar-refractivity contribution in [3.05, 3.63) is 36.0 Å². The van der Waals surface area contributed by atoms with Crippen molar-refractivity contribution in [1.82, 2.24) is 9.80 Å². The van der Waals surface area contributed by atoms with Crippen LogP contribution in [0.4, 0.5) is 4.79 Å². The zero-order valence-corrected chi connectivity index (χ0v) is 30.2. The molecule has 274 valence electrons. The summed E-state index contributed by atoms with van der Waals surface area (Å²) in [5.74, 6) is -0.949. The molecule has 2 saturated heterocycles. The van der Waals surface area contributed by atoms with Gasteiger partial charge in [-0.05, 0) is 77.6 Å². The number of allylic oxidation sites excluding steroid dienone is 2. The van der Waals surface area contributed by atoms with Gasteiger partial charge in [0.2, 0.25) is 0 Å². The molecule has 0 aromatic carbocycles. The number of rotatable bonds is 12. The highest BCUT2D eigenvalue weighted by Gasteiger charge is 2.47. The third-order valence-electron chi connectivity index (χ3n) is 10.1. The molecule has 4 N–H and O–H groups in total. The zero-order valence-electron chi connectivity index (χ0n) is 30.2. The standard InChI is InChI=1S/C37H62N2O9/c1-8-29(41)27(4)34-30(46-34)24-36(5,44)17-12-13-25(2)33-26(3)14-15-31(37(6,45)18-16-28(40)23-32(42)48-33)47-35(43)38(7)21-22-39-19-10-9-11-20-39/h12-15,17,26-31,33-34,40-41,44-45H,8-11,16,18-24H2,1-7H3/b15-14-,17-12+,25-13+. The van der Waals surface area contributed by atoms with E-state index in [-0.39, 0.29) is 43.3 Å². The highest BCUT2D eigenvalue weighted by Crippen LogP contribution is 2.37. The lowest BCUT2D eigenvalue weighted by atomic mass is 9.88. The van der Waals surface area contributed by atoms with Crippen LogP contribution in [0, 0.1) is 11.8 Å². The van der Waals surface area contributed by atoms with E-state index in [1.807, 2.05) is 27.7 Å². The fourth-order valence-corrected chi connectivity index (χ4v) is 6.57. The molecule has 11 heteroatoms. The van der Waals surface area contributed by atoms with Crippen LogP contribution in [0.15, 0.2) is 36.0 Å². The van der Waals surface area contributed by atoms with Gasteiger partial charge in [-0.25, -0.2) is 4.79 Å². The normalized spacial score (nSPS) is 34.2. The first kappa shape index (κ1) is 40.2. The van der Waals surface area contributed by atoms with Gasteiger partial charge in [0.15, 0.2) is 6.10 Å². The number of hydrogen-bond donors (Lipinski definition) is 4. The zero-order chi connectivity index (χ0) is 35.6. The van der Waals surface area contributed by atoms with Crippen LogP contribution in [0.1, 0.15) is 92.9 Å². The van der Waals surface area contributed by atoms with Crippen LogP contribution in [-0.2, 0) is 19.0 Å². The quantitative estimate of drug-likeness (QED) is 0.103. The number of aliphatic hydroxyl groups is 4. The van der Waals surface area contributed by atoms with Gasteiger partial charge in [0.05, 0.1) is 36.4 Å². The van der Waals surface area contributed by atoms with Gasteiger partial charge in [0, 0.05) is 38.4 Å². The average molecular weight is 679 g/mol. The van der Waals surface area contributed by atoms with E-state index in [0.29, 0.717) is 25.0 Å². The molecule has 3 aliphatic rings. The van der Waals surface area contributed by atoms with Crippen molar-refractivity contribution in [3.63, 3.8) is 0 Å². The van der Waals surface area contributed by atoms with E-state index in [4.69, 9.17) is 14.2 Å². The summed E-state index contributed by atoms with van der Waals surface area (Å²) < 4.78 is 17.5. The molecule has 0 radical (unpaired) electrons. The van der Waals surface area contributed by atoms with Crippen molar-refractivity contribution in [2.75, 3.05) is 33.2 Å². The summed E-state index contributed by atoms with van der Waals surface area (Å²) in [6.45, 7) is 14.2. The van der Waals surface area contributed by atoms with Crippen LogP contribution in [0.5, 0.6) is 0 Å². The SMILES string of the molecule is CCC(O)C(C)C1OC1CC(C)(O)/C=C/C=C(\C)C1OC(=O)CC(O)CCC(C)(O)C(OC(=O)N(C)CCN2CCCCC2)/C=C\C1C. The maximum Gasteiger partial charge on any atom is 0.410 e. The molecule has 1 amide bonds. The topological polar surface area (TPSA) is 153 Å². The minimum absolute atomic E-state index is 0.0112. The molecule has 10 unspecified atom stereocenters. The molecule has 0 aromatic heterocycles. The van der Waals surface area contributed by atoms with Crippen molar-refractivity contribution < 1.29 is 44.2 Å². The van der Waals surface area contributed by atoms with E-state index < -0.39 is 47.7 Å². The number of piperidine rings is 1. The Balaban J connectivity index is 1.71. The third kappa shape index (κ3) is 12.6. The number of esters is 1. The van der Waals surface area contributed by atoms with Gasteiger partial charge in [0.25, 0.3) is 0 Å². The van der Waals surface area contributed by atoms with Crippen LogP contribution in [0.2, 0.25) is 0 Å². The number of hydrogen-bond acceptors (Lipinski definition) is 10. The fraction of sp³-hybridized carbons (Fsp3) is 0.784. The first-order valence-electron chi connectivity index (χ1n) is 17.9. The molecule has 0 bridgehead atoms. The van der Waals surface area contributed by atoms with Crippen molar-refractivity contribution >= 4 is 12.1 Å². The Morgan fingerprint density at radius 3 is 2.62 bits per heavy atom. The molecule has 3 rings (SSSR count). The first-order chi connectivity index (χ1) is 22.5. The number of amides is 1. The molecular formula is C37H62N2O9. The third-order valence-corrected chi connectivity index (χ3v) is 10.1. The molecule has 0 saturated carbocycles. The molecule has 11 nitrogen and oxygen atoms in total. The Labute approximate surface area is 287 Å². The van der Waals surface area contributed by atoms with Crippen molar-refractivity contribution in [1.29, 1.82) is 0 Å². The van der Waals surface area contributed by atoms with Gasteiger partial charge < -0.3 is 44.4 Å². The summed E-state index contributed by atoms with van der Waals surface area (Å²) in [5.41, 5.74) is -1.94. The monoisotopic (exact) mass is 678 g/mol. The maximum atomic E-state index is 13.1. The van der Waals surface area contributed by atoms with E-state index in [9.17, 15) is 30.0 Å². The molecule has 3 heterocycles. The number of carbonyl (C=O) groups is 2. The Bertz CT molecular complexity index is 1130. The van der Waals surface area contributed by atoms with E-state index in [2.05, 4.69) is 4.90 Å². The number of epoxide rings is 1. The number of ether oxygens (including phenoxy) is 3. The molecule has 48 heavy (non-hydrogen) atoms. The lowest BCUT2D eigenvalue weighted by molar-refractivity contribution is -0.151. The van der Waals surface area contributed by atoms with Gasteiger partial charge in [-0.3, -0.25) is 4.79 Å². The van der Waals surface area contributed by atoms with E-state index in [1.165, 1.54) is 11.3 Å². The van der Waals surface area contributed by atoms with Crippen molar-refractivity contribution in [2.45, 2.75) is 141 Å². The van der Waals surface area contributed by atoms with Crippen LogP contribution >= 0.6 is 0 Å². The van der Waals surface area contributed by atoms with Crippen molar-refractivity contribution in [2.24, 2.45) is 11.8 Å². The molecule has 3 aliphatic heterocycles. The van der Waals surface area contributed by atoms with Gasteiger partial charge in [-0.2, -0.15) is 0 Å². The Morgan fingerprint density at radius 2 is 1.96 bits per heavy atom. The molecule has 0 aliphatic carbocycles. The van der Waals surface area contributed by atoms with Gasteiger partial charge in [0.1, 0.15) is 11.7 Å². The number of aliphatic hydroxyl groups excluding tert-OH is 2. The minimum Gasteiger partial charge on any atom is -0.457 e. The number of carbonyl (C=O) groups excluding carboxylic acids is 2. The van der Waals surface area contributed by atoms with E-state index >= 15 is 0 Å². The summed E-state index contributed by atoms with van der Waals surface area (Å²) in [7, 11) is 1.69. The van der Waals surface area contributed by atoms with Gasteiger partial charge in [-0.1, -0.05) is 51.5 Å². The second-order valence-corrected chi connectivity index (χ2v) is 14.8. The second-order valence-electron chi connectivity index (χ2n) is 14.8. The summed E-state index contributed by atoms with van der Waals surface area (Å²) in [6, 6.07) is 0. The Morgan fingerprint density at radius 1 is 1.27 bits per heavy atom. The number of likely N-dealkylation sites (N-methyl/N-ethyl adjacent to an activating group) is 1. The summed E-state index contributed by atoms with van der Waals surface area (Å²) in [4.78, 5) is 29.8. The van der Waals surface area contributed by atoms with Gasteiger partial charge >= 0.3 is 12.1 Å². The minimum atomic E-state index is -1.49. The largest absolute Gasteiger partial charge is 0.457 e. The predicted molar refractivity (Wildman–Crippen MR) is 184 cm³/mol. The molecule has 10 atom stereocenters. The first-order valence-corrected chi connectivity index (χ1v) is 17.9. The summed E-state index contributed by atoms with van der Waals surface area (Å²) >= 11 is 0. The van der Waals surface area contributed by atoms with E-state index in [1.54, 1.807) is 51.3 Å². The Hall–Kier alpha value is -2.28. The van der Waals surface area contributed by atoms with Crippen LogP contribution < -0.4 is 0 Å². The molecular weight excluding hydrogens is 616 g/mol. The predicted octanol–water partition coefficient (Wildman–Crippen LogP) is 4.13. The highest BCUT2D eigenvalue weighted by atomic mass is 16.6. The number of cyclic esters (lactones) is 1. The smallest absolute Gasteiger partial charge is 0.410 e. The number of nitrogens with zero attached hydrogens (tertiary/aromatic N) is 2. The Kier molecular flexibility index (Phi) is 15.1. The van der Waals surface area contributed by atoms with Crippen LogP contribution in [0.25, 0.3) is 0 Å². The maximum absolute atomic E-state index is 13.1. The second kappa shape index (κ2) is 18.1. The number of likely N-dealkylation sites (tertiary alicyclic amines) is 1. The highest BCUT2D eigenvalue weighted by molar-refractivity contribution is 5.70. The van der Waals surface area contributed by atoms with Crippen LogP contribution in [-0.4, -0.2) is 123 Å². The van der Waals surface area contributed by atoms with Crippen LogP contribution in [0.3, 0.4) is 0 Å². The summed E-state index contributed by atoms with van der Waals surface area (Å²) in [5, 5.41) is 43.2. The lowest BCUT2D eigenvalue weighted by Gasteiger charge is -2.34.